The van der Waals surface area contributed by atoms with Crippen molar-refractivity contribution in [2.45, 2.75) is 12.5 Å². The number of rotatable bonds is 3. The molecule has 2 aliphatic heterocycles. The van der Waals surface area contributed by atoms with Crippen LogP contribution >= 0.6 is 0 Å². The molecule has 1 atom stereocenters. The monoisotopic (exact) mass is 329 g/mol. The minimum Gasteiger partial charge on any atom is -0.454 e. The number of aryl methyl sites for hydroxylation is 1. The van der Waals surface area contributed by atoms with Crippen molar-refractivity contribution in [2.24, 2.45) is 7.05 Å². The molecule has 1 amide bonds. The van der Waals surface area contributed by atoms with Gasteiger partial charge in [0, 0.05) is 37.9 Å². The lowest BCUT2D eigenvalue weighted by molar-refractivity contribution is 0.0673. The molecule has 0 N–H and O–H groups in total. The molecule has 0 fully saturated rings. The first kappa shape index (κ1) is 15.0. The van der Waals surface area contributed by atoms with Crippen LogP contribution in [0.1, 0.15) is 27.7 Å². The zero-order valence-electron chi connectivity index (χ0n) is 13.7. The van der Waals surface area contributed by atoms with E-state index in [0.29, 0.717) is 36.8 Å². The SMILES string of the molecule is COC[C@H]1CN(C(=O)c2ccc3c(c2)OCO3)Cc2ncn(C)c21. The number of hydrogen-bond acceptors (Lipinski definition) is 5. The van der Waals surface area contributed by atoms with Crippen LogP contribution in [-0.2, 0) is 18.3 Å². The topological polar surface area (TPSA) is 65.8 Å². The van der Waals surface area contributed by atoms with Crippen LogP contribution in [0, 0.1) is 0 Å². The van der Waals surface area contributed by atoms with Gasteiger partial charge in [-0.05, 0) is 18.2 Å². The van der Waals surface area contributed by atoms with E-state index < -0.39 is 0 Å². The van der Waals surface area contributed by atoms with Gasteiger partial charge in [0.25, 0.3) is 5.91 Å². The highest BCUT2D eigenvalue weighted by Gasteiger charge is 2.32. The minimum atomic E-state index is -0.0364. The first-order chi connectivity index (χ1) is 11.7. The first-order valence-corrected chi connectivity index (χ1v) is 7.85. The van der Waals surface area contributed by atoms with Crippen molar-refractivity contribution in [3.8, 4) is 11.5 Å². The number of nitrogens with zero attached hydrogens (tertiary/aromatic N) is 3. The molecular formula is C17H19N3O4. The summed E-state index contributed by atoms with van der Waals surface area (Å²) in [6.07, 6.45) is 1.79. The Morgan fingerprint density at radius 3 is 3.04 bits per heavy atom. The van der Waals surface area contributed by atoms with Crippen molar-refractivity contribution >= 4 is 5.91 Å². The lowest BCUT2D eigenvalue weighted by Gasteiger charge is -2.32. The minimum absolute atomic E-state index is 0.0364. The van der Waals surface area contributed by atoms with E-state index >= 15 is 0 Å². The van der Waals surface area contributed by atoms with Gasteiger partial charge in [0.15, 0.2) is 11.5 Å². The van der Waals surface area contributed by atoms with E-state index in [-0.39, 0.29) is 18.6 Å². The molecule has 3 heterocycles. The summed E-state index contributed by atoms with van der Waals surface area (Å²) in [5, 5.41) is 0. The summed E-state index contributed by atoms with van der Waals surface area (Å²) in [4.78, 5) is 19.2. The maximum absolute atomic E-state index is 12.9. The van der Waals surface area contributed by atoms with Crippen molar-refractivity contribution < 1.29 is 19.0 Å². The van der Waals surface area contributed by atoms with E-state index in [1.54, 1.807) is 31.6 Å². The summed E-state index contributed by atoms with van der Waals surface area (Å²) < 4.78 is 18.0. The van der Waals surface area contributed by atoms with Gasteiger partial charge in [-0.2, -0.15) is 0 Å². The first-order valence-electron chi connectivity index (χ1n) is 7.85. The van der Waals surface area contributed by atoms with Gasteiger partial charge in [-0.25, -0.2) is 4.98 Å². The van der Waals surface area contributed by atoms with E-state index in [1.807, 2.05) is 16.5 Å². The Morgan fingerprint density at radius 1 is 1.38 bits per heavy atom. The van der Waals surface area contributed by atoms with E-state index in [2.05, 4.69) is 4.98 Å². The Bertz CT molecular complexity index is 786. The Morgan fingerprint density at radius 2 is 2.21 bits per heavy atom. The molecule has 7 nitrogen and oxygen atoms in total. The van der Waals surface area contributed by atoms with Gasteiger partial charge in [-0.1, -0.05) is 0 Å². The number of methoxy groups -OCH3 is 1. The lowest BCUT2D eigenvalue weighted by Crippen LogP contribution is -2.40. The van der Waals surface area contributed by atoms with Gasteiger partial charge in [0.05, 0.1) is 25.2 Å². The average molecular weight is 329 g/mol. The molecular weight excluding hydrogens is 310 g/mol. The van der Waals surface area contributed by atoms with Crippen LogP contribution in [0.2, 0.25) is 0 Å². The van der Waals surface area contributed by atoms with Crippen molar-refractivity contribution in [3.05, 3.63) is 41.5 Å². The molecule has 0 saturated heterocycles. The number of amides is 1. The molecule has 0 bridgehead atoms. The molecule has 0 spiro atoms. The van der Waals surface area contributed by atoms with Crippen LogP contribution < -0.4 is 9.47 Å². The third kappa shape index (κ3) is 2.41. The Kier molecular flexibility index (Phi) is 3.65. The second-order valence-electron chi connectivity index (χ2n) is 6.09. The third-order valence-electron chi connectivity index (χ3n) is 4.51. The summed E-state index contributed by atoms with van der Waals surface area (Å²) in [6.45, 7) is 1.86. The lowest BCUT2D eigenvalue weighted by atomic mass is 9.98. The maximum atomic E-state index is 12.9. The molecule has 1 aromatic carbocycles. The molecule has 0 aliphatic carbocycles. The predicted octanol–water partition coefficient (Wildman–Crippen LogP) is 1.53. The van der Waals surface area contributed by atoms with Gasteiger partial charge in [-0.15, -0.1) is 0 Å². The van der Waals surface area contributed by atoms with Gasteiger partial charge in [0.2, 0.25) is 6.79 Å². The summed E-state index contributed by atoms with van der Waals surface area (Å²) in [6, 6.07) is 5.29. The molecule has 0 unspecified atom stereocenters. The highest BCUT2D eigenvalue weighted by Crippen LogP contribution is 2.34. The van der Waals surface area contributed by atoms with Crippen molar-refractivity contribution in [2.75, 3.05) is 27.1 Å². The van der Waals surface area contributed by atoms with Crippen molar-refractivity contribution in [3.63, 3.8) is 0 Å². The van der Waals surface area contributed by atoms with E-state index in [0.717, 1.165) is 11.4 Å². The fraction of sp³-hybridized carbons (Fsp3) is 0.412. The molecule has 4 rings (SSSR count). The number of fused-ring (bicyclic) bond motifs is 2. The van der Waals surface area contributed by atoms with E-state index in [1.165, 1.54) is 0 Å². The van der Waals surface area contributed by atoms with Crippen LogP contribution in [0.3, 0.4) is 0 Å². The number of ether oxygens (including phenoxy) is 3. The highest BCUT2D eigenvalue weighted by atomic mass is 16.7. The largest absolute Gasteiger partial charge is 0.454 e. The number of carbonyl (C=O) groups is 1. The van der Waals surface area contributed by atoms with Crippen molar-refractivity contribution in [1.29, 1.82) is 0 Å². The molecule has 2 aromatic rings. The molecule has 24 heavy (non-hydrogen) atoms. The zero-order valence-corrected chi connectivity index (χ0v) is 13.7. The van der Waals surface area contributed by atoms with E-state index in [9.17, 15) is 4.79 Å². The zero-order chi connectivity index (χ0) is 16.7. The Hall–Kier alpha value is -2.54. The quantitative estimate of drug-likeness (QED) is 0.854. The van der Waals surface area contributed by atoms with Crippen LogP contribution in [0.25, 0.3) is 0 Å². The van der Waals surface area contributed by atoms with Gasteiger partial charge < -0.3 is 23.7 Å². The van der Waals surface area contributed by atoms with E-state index in [4.69, 9.17) is 14.2 Å². The second kappa shape index (κ2) is 5.83. The summed E-state index contributed by atoms with van der Waals surface area (Å²) in [5.74, 6) is 1.37. The maximum Gasteiger partial charge on any atom is 0.254 e. The standard InChI is InChI=1S/C17H19N3O4/c1-19-9-18-13-7-20(6-12(8-22-2)16(13)19)17(21)11-3-4-14-15(5-11)24-10-23-14/h3-5,9,12H,6-8,10H2,1-2H3/t12-/m1/s1. The molecule has 7 heteroatoms. The Labute approximate surface area is 139 Å². The van der Waals surface area contributed by atoms with Gasteiger partial charge >= 0.3 is 0 Å². The normalized spacial score (nSPS) is 18.6. The Balaban J connectivity index is 1.61. The fourth-order valence-electron chi connectivity index (χ4n) is 3.43. The summed E-state index contributed by atoms with van der Waals surface area (Å²) in [5.41, 5.74) is 2.67. The van der Waals surface area contributed by atoms with Crippen LogP contribution in [0.4, 0.5) is 0 Å². The smallest absolute Gasteiger partial charge is 0.254 e. The highest BCUT2D eigenvalue weighted by molar-refractivity contribution is 5.95. The molecule has 0 saturated carbocycles. The fourth-order valence-corrected chi connectivity index (χ4v) is 3.43. The molecule has 2 aliphatic rings. The van der Waals surface area contributed by atoms with Gasteiger partial charge in [-0.3, -0.25) is 4.79 Å². The number of benzene rings is 1. The number of carbonyl (C=O) groups excluding carboxylic acids is 1. The average Bonchev–Trinajstić information content (AvgIpc) is 3.20. The van der Waals surface area contributed by atoms with Crippen LogP contribution in [0.5, 0.6) is 11.5 Å². The summed E-state index contributed by atoms with van der Waals surface area (Å²) in [7, 11) is 3.65. The second-order valence-corrected chi connectivity index (χ2v) is 6.09. The van der Waals surface area contributed by atoms with Crippen molar-refractivity contribution in [1.82, 2.24) is 14.5 Å². The number of aromatic nitrogens is 2. The number of hydrogen-bond donors (Lipinski definition) is 0. The molecule has 0 radical (unpaired) electrons. The van der Waals surface area contributed by atoms with Crippen LogP contribution in [0.15, 0.2) is 24.5 Å². The third-order valence-corrected chi connectivity index (χ3v) is 4.51. The van der Waals surface area contributed by atoms with Crippen LogP contribution in [-0.4, -0.2) is 47.4 Å². The number of imidazole rings is 1. The predicted molar refractivity (Wildman–Crippen MR) is 85.1 cm³/mol. The molecule has 126 valence electrons. The molecule has 1 aromatic heterocycles. The van der Waals surface area contributed by atoms with Gasteiger partial charge in [0.1, 0.15) is 0 Å². The summed E-state index contributed by atoms with van der Waals surface area (Å²) >= 11 is 0.